The first-order valence-electron chi connectivity index (χ1n) is 9.16. The molecule has 1 saturated heterocycles. The summed E-state index contributed by atoms with van der Waals surface area (Å²) < 4.78 is 5.14. The van der Waals surface area contributed by atoms with Gasteiger partial charge in [-0.05, 0) is 36.2 Å². The summed E-state index contributed by atoms with van der Waals surface area (Å²) in [5, 5.41) is 0. The number of hydrogen-bond donors (Lipinski definition) is 2. The van der Waals surface area contributed by atoms with E-state index in [1.54, 1.807) is 29.2 Å². The quantitative estimate of drug-likeness (QED) is 0.776. The Kier molecular flexibility index (Phi) is 5.93. The van der Waals surface area contributed by atoms with Crippen LogP contribution < -0.4 is 20.5 Å². The van der Waals surface area contributed by atoms with Gasteiger partial charge in [0.25, 0.3) is 5.91 Å². The highest BCUT2D eigenvalue weighted by molar-refractivity contribution is 6.01. The maximum Gasteiger partial charge on any atom is 0.273 e. The second-order valence-electron chi connectivity index (χ2n) is 6.57. The lowest BCUT2D eigenvalue weighted by molar-refractivity contribution is -0.126. The van der Waals surface area contributed by atoms with Crippen molar-refractivity contribution in [2.45, 2.75) is 19.8 Å². The Balaban J connectivity index is 1.59. The van der Waals surface area contributed by atoms with Crippen LogP contribution in [0.1, 0.15) is 29.3 Å². The third-order valence-corrected chi connectivity index (χ3v) is 4.80. The molecule has 2 aromatic rings. The fourth-order valence-electron chi connectivity index (χ4n) is 3.16. The monoisotopic (exact) mass is 381 g/mol. The summed E-state index contributed by atoms with van der Waals surface area (Å²) in [4.78, 5) is 38.6. The van der Waals surface area contributed by atoms with E-state index < -0.39 is 17.7 Å². The standard InChI is InChI=1S/C21H23N3O4/c1-3-14-8-10-16(11-9-14)24-13-15(12-19(24)25)20(26)22-23-21(27)17-6-4-5-7-18(17)28-2/h4-11,15H,3,12-13H2,1-2H3,(H,22,26)(H,23,27)/t15-/m0/s1. The highest BCUT2D eigenvalue weighted by Crippen LogP contribution is 2.25. The molecule has 146 valence electrons. The van der Waals surface area contributed by atoms with Gasteiger partial charge in [-0.3, -0.25) is 25.2 Å². The lowest BCUT2D eigenvalue weighted by atomic mass is 10.1. The minimum absolute atomic E-state index is 0.103. The van der Waals surface area contributed by atoms with E-state index in [1.807, 2.05) is 24.3 Å². The molecule has 0 bridgehead atoms. The molecule has 1 aliphatic heterocycles. The lowest BCUT2D eigenvalue weighted by Gasteiger charge is -2.17. The highest BCUT2D eigenvalue weighted by atomic mass is 16.5. The first-order chi connectivity index (χ1) is 13.5. The first-order valence-corrected chi connectivity index (χ1v) is 9.16. The third-order valence-electron chi connectivity index (χ3n) is 4.80. The molecule has 1 atom stereocenters. The maximum atomic E-state index is 12.4. The third kappa shape index (κ3) is 4.14. The van der Waals surface area contributed by atoms with Crippen LogP contribution in [0.4, 0.5) is 5.69 Å². The molecule has 1 heterocycles. The molecule has 3 rings (SSSR count). The van der Waals surface area contributed by atoms with E-state index >= 15 is 0 Å². The van der Waals surface area contributed by atoms with Gasteiger partial charge in [0.1, 0.15) is 5.75 Å². The number of aryl methyl sites for hydroxylation is 1. The molecule has 0 unspecified atom stereocenters. The number of carbonyl (C=O) groups is 3. The number of nitrogens with one attached hydrogen (secondary N) is 2. The van der Waals surface area contributed by atoms with Gasteiger partial charge in [-0.2, -0.15) is 0 Å². The van der Waals surface area contributed by atoms with Crippen LogP contribution in [0.5, 0.6) is 5.75 Å². The van der Waals surface area contributed by atoms with Crippen LogP contribution in [0.15, 0.2) is 48.5 Å². The van der Waals surface area contributed by atoms with Gasteiger partial charge in [-0.1, -0.05) is 31.2 Å². The lowest BCUT2D eigenvalue weighted by Crippen LogP contribution is -2.45. The second kappa shape index (κ2) is 8.56. The molecule has 1 aliphatic rings. The number of rotatable bonds is 5. The molecule has 0 saturated carbocycles. The number of hydrogen-bond acceptors (Lipinski definition) is 4. The van der Waals surface area contributed by atoms with Crippen LogP contribution >= 0.6 is 0 Å². The van der Waals surface area contributed by atoms with Gasteiger partial charge in [0.2, 0.25) is 11.8 Å². The van der Waals surface area contributed by atoms with Crippen molar-refractivity contribution < 1.29 is 19.1 Å². The van der Waals surface area contributed by atoms with Crippen molar-refractivity contribution in [3.05, 3.63) is 59.7 Å². The molecular weight excluding hydrogens is 358 g/mol. The van der Waals surface area contributed by atoms with Crippen molar-refractivity contribution in [1.29, 1.82) is 0 Å². The van der Waals surface area contributed by atoms with E-state index in [2.05, 4.69) is 17.8 Å². The molecule has 1 fully saturated rings. The first kappa shape index (κ1) is 19.4. The van der Waals surface area contributed by atoms with E-state index in [4.69, 9.17) is 4.74 Å². The van der Waals surface area contributed by atoms with Crippen molar-refractivity contribution >= 4 is 23.4 Å². The van der Waals surface area contributed by atoms with E-state index in [0.717, 1.165) is 12.1 Å². The molecule has 2 N–H and O–H groups in total. The van der Waals surface area contributed by atoms with Crippen LogP contribution in [0.3, 0.4) is 0 Å². The largest absolute Gasteiger partial charge is 0.496 e. The number of hydrazine groups is 1. The maximum absolute atomic E-state index is 12.4. The topological polar surface area (TPSA) is 87.7 Å². The van der Waals surface area contributed by atoms with Crippen molar-refractivity contribution in [2.24, 2.45) is 5.92 Å². The number of nitrogens with zero attached hydrogens (tertiary/aromatic N) is 1. The minimum atomic E-state index is -0.531. The number of methoxy groups -OCH3 is 1. The fraction of sp³-hybridized carbons (Fsp3) is 0.286. The van der Waals surface area contributed by atoms with Crippen LogP contribution in [0.2, 0.25) is 0 Å². The molecule has 0 aromatic heterocycles. The van der Waals surface area contributed by atoms with E-state index in [-0.39, 0.29) is 18.9 Å². The van der Waals surface area contributed by atoms with Gasteiger partial charge < -0.3 is 9.64 Å². The molecule has 3 amide bonds. The van der Waals surface area contributed by atoms with Crippen molar-refractivity contribution in [2.75, 3.05) is 18.6 Å². The molecule has 0 radical (unpaired) electrons. The molecule has 7 nitrogen and oxygen atoms in total. The Labute approximate surface area is 163 Å². The van der Waals surface area contributed by atoms with Gasteiger partial charge in [-0.15, -0.1) is 0 Å². The highest BCUT2D eigenvalue weighted by Gasteiger charge is 2.35. The molecule has 2 aromatic carbocycles. The van der Waals surface area contributed by atoms with E-state index in [0.29, 0.717) is 11.3 Å². The number of para-hydroxylation sites is 1. The summed E-state index contributed by atoms with van der Waals surface area (Å²) in [7, 11) is 1.47. The number of anilines is 1. The van der Waals surface area contributed by atoms with Crippen molar-refractivity contribution in [1.82, 2.24) is 10.9 Å². The average molecular weight is 381 g/mol. The zero-order valence-corrected chi connectivity index (χ0v) is 15.9. The minimum Gasteiger partial charge on any atom is -0.496 e. The summed E-state index contributed by atoms with van der Waals surface area (Å²) in [5.74, 6) is -1.12. The van der Waals surface area contributed by atoms with Crippen LogP contribution in [-0.2, 0) is 16.0 Å². The average Bonchev–Trinajstić information content (AvgIpc) is 3.13. The Bertz CT molecular complexity index is 879. The molecule has 28 heavy (non-hydrogen) atoms. The second-order valence-corrected chi connectivity index (χ2v) is 6.57. The Morgan fingerprint density at radius 1 is 1.11 bits per heavy atom. The Hall–Kier alpha value is -3.35. The van der Waals surface area contributed by atoms with Crippen LogP contribution in [0.25, 0.3) is 0 Å². The summed E-state index contributed by atoms with van der Waals surface area (Å²) in [6.07, 6.45) is 1.02. The van der Waals surface area contributed by atoms with Gasteiger partial charge in [0, 0.05) is 18.7 Å². The molecule has 7 heteroatoms. The summed E-state index contributed by atoms with van der Waals surface area (Å²) >= 11 is 0. The fourth-order valence-corrected chi connectivity index (χ4v) is 3.16. The predicted molar refractivity (Wildman–Crippen MR) is 105 cm³/mol. The summed E-state index contributed by atoms with van der Waals surface area (Å²) in [6.45, 7) is 2.34. The zero-order chi connectivity index (χ0) is 20.1. The normalized spacial score (nSPS) is 16.0. The Morgan fingerprint density at radius 2 is 1.82 bits per heavy atom. The predicted octanol–water partition coefficient (Wildman–Crippen LogP) is 2.07. The van der Waals surface area contributed by atoms with E-state index in [9.17, 15) is 14.4 Å². The van der Waals surface area contributed by atoms with Gasteiger partial charge in [0.15, 0.2) is 0 Å². The molecule has 0 aliphatic carbocycles. The van der Waals surface area contributed by atoms with Crippen LogP contribution in [0, 0.1) is 5.92 Å². The number of carbonyl (C=O) groups excluding carboxylic acids is 3. The van der Waals surface area contributed by atoms with Crippen LogP contribution in [-0.4, -0.2) is 31.4 Å². The smallest absolute Gasteiger partial charge is 0.273 e. The Morgan fingerprint density at radius 3 is 2.50 bits per heavy atom. The number of amides is 3. The van der Waals surface area contributed by atoms with Crippen molar-refractivity contribution in [3.63, 3.8) is 0 Å². The van der Waals surface area contributed by atoms with Crippen molar-refractivity contribution in [3.8, 4) is 5.75 Å². The van der Waals surface area contributed by atoms with Gasteiger partial charge >= 0.3 is 0 Å². The van der Waals surface area contributed by atoms with Gasteiger partial charge in [-0.25, -0.2) is 0 Å². The van der Waals surface area contributed by atoms with E-state index in [1.165, 1.54) is 12.7 Å². The SMILES string of the molecule is CCc1ccc(N2C[C@@H](C(=O)NNC(=O)c3ccccc3OC)CC2=O)cc1. The number of benzene rings is 2. The van der Waals surface area contributed by atoms with Gasteiger partial charge in [0.05, 0.1) is 18.6 Å². The molecule has 0 spiro atoms. The number of ether oxygens (including phenoxy) is 1. The molecular formula is C21H23N3O4. The summed E-state index contributed by atoms with van der Waals surface area (Å²) in [6, 6.07) is 14.4. The summed E-state index contributed by atoms with van der Waals surface area (Å²) in [5.41, 5.74) is 7.07. The zero-order valence-electron chi connectivity index (χ0n) is 15.9.